The zero-order valence-corrected chi connectivity index (χ0v) is 13.3. The van der Waals surface area contributed by atoms with E-state index in [1.165, 1.54) is 0 Å². The third-order valence-corrected chi connectivity index (χ3v) is 4.55. The predicted octanol–water partition coefficient (Wildman–Crippen LogP) is 1.55. The summed E-state index contributed by atoms with van der Waals surface area (Å²) in [5, 5.41) is 0. The Hall–Kier alpha value is -1.43. The molecule has 0 N–H and O–H groups in total. The number of piperazine rings is 1. The summed E-state index contributed by atoms with van der Waals surface area (Å²) in [5.74, 6) is 0.739. The van der Waals surface area contributed by atoms with E-state index in [0.29, 0.717) is 18.8 Å². The van der Waals surface area contributed by atoms with Crippen LogP contribution in [0.1, 0.15) is 12.0 Å². The van der Waals surface area contributed by atoms with Crippen molar-refractivity contribution in [3.63, 3.8) is 0 Å². The lowest BCUT2D eigenvalue weighted by Gasteiger charge is -2.37. The molecule has 0 saturated carbocycles. The first kappa shape index (κ1) is 15.5. The lowest BCUT2D eigenvalue weighted by atomic mass is 10.1. The highest BCUT2D eigenvalue weighted by Gasteiger charge is 2.36. The normalized spacial score (nSPS) is 25.9. The van der Waals surface area contributed by atoms with Gasteiger partial charge < -0.3 is 9.47 Å². The Morgan fingerprint density at radius 1 is 1.41 bits per heavy atom. The van der Waals surface area contributed by atoms with Crippen molar-refractivity contribution >= 4 is 0 Å². The molecule has 5 heteroatoms. The van der Waals surface area contributed by atoms with Crippen molar-refractivity contribution < 1.29 is 9.47 Å². The second kappa shape index (κ2) is 7.22. The average Bonchev–Trinajstić information content (AvgIpc) is 2.95. The zero-order valence-electron chi connectivity index (χ0n) is 13.3. The van der Waals surface area contributed by atoms with Crippen LogP contribution in [0.3, 0.4) is 0 Å². The summed E-state index contributed by atoms with van der Waals surface area (Å²) >= 11 is 0. The molecule has 120 valence electrons. The molecule has 0 unspecified atom stereocenters. The third-order valence-electron chi connectivity index (χ3n) is 4.55. The van der Waals surface area contributed by atoms with Gasteiger partial charge in [0.05, 0.1) is 19.8 Å². The third kappa shape index (κ3) is 3.48. The first-order valence-electron chi connectivity index (χ1n) is 7.97. The van der Waals surface area contributed by atoms with E-state index in [2.05, 4.69) is 27.4 Å². The van der Waals surface area contributed by atoms with Gasteiger partial charge >= 0.3 is 0 Å². The summed E-state index contributed by atoms with van der Waals surface area (Å²) in [4.78, 5) is 9.34. The van der Waals surface area contributed by atoms with Crippen LogP contribution in [-0.4, -0.2) is 66.8 Å². The first-order valence-corrected chi connectivity index (χ1v) is 7.97. The lowest BCUT2D eigenvalue weighted by molar-refractivity contribution is 0.0757. The van der Waals surface area contributed by atoms with Crippen molar-refractivity contribution in [3.05, 3.63) is 36.5 Å². The molecule has 0 bridgehead atoms. The number of methoxy groups -OCH3 is 1. The highest BCUT2D eigenvalue weighted by molar-refractivity contribution is 5.25. The number of nitrogens with zero attached hydrogens (tertiary/aromatic N) is 3. The largest absolute Gasteiger partial charge is 0.481 e. The Morgan fingerprint density at radius 2 is 2.32 bits per heavy atom. The zero-order chi connectivity index (χ0) is 15.4. The van der Waals surface area contributed by atoms with E-state index in [0.717, 1.165) is 50.6 Å². The predicted molar refractivity (Wildman–Crippen MR) is 86.0 cm³/mol. The summed E-state index contributed by atoms with van der Waals surface area (Å²) in [6.07, 6.45) is 5.09. The maximum atomic E-state index is 5.83. The van der Waals surface area contributed by atoms with Crippen LogP contribution in [0, 0.1) is 0 Å². The molecule has 0 amide bonds. The van der Waals surface area contributed by atoms with Gasteiger partial charge in [-0.25, -0.2) is 4.98 Å². The molecule has 1 aromatic heterocycles. The summed E-state index contributed by atoms with van der Waals surface area (Å²) in [6.45, 7) is 9.63. The average molecular weight is 303 g/mol. The smallest absolute Gasteiger partial charge is 0.217 e. The van der Waals surface area contributed by atoms with Crippen molar-refractivity contribution in [1.82, 2.24) is 14.8 Å². The number of hydrogen-bond donors (Lipinski definition) is 0. The van der Waals surface area contributed by atoms with E-state index in [4.69, 9.17) is 9.47 Å². The van der Waals surface area contributed by atoms with E-state index in [1.807, 2.05) is 12.1 Å². The number of hydrogen-bond acceptors (Lipinski definition) is 5. The SMILES string of the molecule is C=CCO[C@@H]1C[C@H]2CN(Cc3cccnc3OC)CCN2C1. The molecule has 2 atom stereocenters. The van der Waals surface area contributed by atoms with Gasteiger partial charge in [-0.05, 0) is 12.5 Å². The van der Waals surface area contributed by atoms with Crippen LogP contribution in [0.4, 0.5) is 0 Å². The Balaban J connectivity index is 1.56. The molecule has 0 radical (unpaired) electrons. The van der Waals surface area contributed by atoms with E-state index in [9.17, 15) is 0 Å². The van der Waals surface area contributed by atoms with Gasteiger partial charge in [0.25, 0.3) is 0 Å². The van der Waals surface area contributed by atoms with E-state index in [-0.39, 0.29) is 0 Å². The van der Waals surface area contributed by atoms with Gasteiger partial charge in [-0.1, -0.05) is 12.1 Å². The van der Waals surface area contributed by atoms with Gasteiger partial charge in [0.15, 0.2) is 0 Å². The fourth-order valence-corrected chi connectivity index (χ4v) is 3.50. The standard InChI is InChI=1S/C17H25N3O2/c1-3-9-22-16-10-15-12-19(7-8-20(15)13-16)11-14-5-4-6-18-17(14)21-2/h3-6,15-16H,1,7-13H2,2H3/t15-,16+/m0/s1. The number of ether oxygens (including phenoxy) is 2. The van der Waals surface area contributed by atoms with Gasteiger partial charge in [-0.15, -0.1) is 6.58 Å². The minimum Gasteiger partial charge on any atom is -0.481 e. The maximum absolute atomic E-state index is 5.83. The van der Waals surface area contributed by atoms with Crippen molar-refractivity contribution in [3.8, 4) is 5.88 Å². The van der Waals surface area contributed by atoms with Crippen molar-refractivity contribution in [2.24, 2.45) is 0 Å². The van der Waals surface area contributed by atoms with Crippen LogP contribution in [0.5, 0.6) is 5.88 Å². The molecule has 2 aliphatic rings. The highest BCUT2D eigenvalue weighted by Crippen LogP contribution is 2.26. The molecule has 0 aliphatic carbocycles. The molecule has 2 fully saturated rings. The molecular formula is C17H25N3O2. The molecule has 1 aromatic rings. The lowest BCUT2D eigenvalue weighted by Crippen LogP contribution is -2.49. The molecule has 22 heavy (non-hydrogen) atoms. The van der Waals surface area contributed by atoms with Crippen LogP contribution in [0.15, 0.2) is 31.0 Å². The van der Waals surface area contributed by atoms with Gasteiger partial charge in [0, 0.05) is 50.5 Å². The fraction of sp³-hybridized carbons (Fsp3) is 0.588. The minimum absolute atomic E-state index is 0.357. The quantitative estimate of drug-likeness (QED) is 0.746. The minimum atomic E-state index is 0.357. The van der Waals surface area contributed by atoms with Crippen LogP contribution >= 0.6 is 0 Å². The molecule has 2 saturated heterocycles. The van der Waals surface area contributed by atoms with E-state index >= 15 is 0 Å². The first-order chi connectivity index (χ1) is 10.8. The van der Waals surface area contributed by atoms with Crippen molar-refractivity contribution in [1.29, 1.82) is 0 Å². The van der Waals surface area contributed by atoms with Crippen LogP contribution < -0.4 is 4.74 Å². The Morgan fingerprint density at radius 3 is 3.14 bits per heavy atom. The molecular weight excluding hydrogens is 278 g/mol. The molecule has 3 rings (SSSR count). The van der Waals surface area contributed by atoms with Gasteiger partial charge in [0.1, 0.15) is 0 Å². The van der Waals surface area contributed by atoms with Crippen molar-refractivity contribution in [2.75, 3.05) is 39.9 Å². The summed E-state index contributed by atoms with van der Waals surface area (Å²) < 4.78 is 11.2. The van der Waals surface area contributed by atoms with E-state index in [1.54, 1.807) is 13.3 Å². The van der Waals surface area contributed by atoms with Gasteiger partial charge in [-0.3, -0.25) is 9.80 Å². The van der Waals surface area contributed by atoms with Gasteiger partial charge in [0.2, 0.25) is 5.88 Å². The Labute approximate surface area is 132 Å². The van der Waals surface area contributed by atoms with E-state index < -0.39 is 0 Å². The summed E-state index contributed by atoms with van der Waals surface area (Å²) in [7, 11) is 1.68. The number of pyridine rings is 1. The maximum Gasteiger partial charge on any atom is 0.217 e. The molecule has 2 aliphatic heterocycles. The fourth-order valence-electron chi connectivity index (χ4n) is 3.50. The number of fused-ring (bicyclic) bond motifs is 1. The van der Waals surface area contributed by atoms with Crippen LogP contribution in [0.2, 0.25) is 0 Å². The number of rotatable bonds is 6. The topological polar surface area (TPSA) is 37.8 Å². The van der Waals surface area contributed by atoms with Crippen molar-refractivity contribution in [2.45, 2.75) is 25.1 Å². The molecule has 0 spiro atoms. The Bertz CT molecular complexity index is 508. The Kier molecular flexibility index (Phi) is 5.08. The van der Waals surface area contributed by atoms with Gasteiger partial charge in [-0.2, -0.15) is 0 Å². The monoisotopic (exact) mass is 303 g/mol. The van der Waals surface area contributed by atoms with Crippen LogP contribution in [-0.2, 0) is 11.3 Å². The number of aromatic nitrogens is 1. The molecule has 3 heterocycles. The second-order valence-corrected chi connectivity index (χ2v) is 6.04. The summed E-state index contributed by atoms with van der Waals surface area (Å²) in [6, 6.07) is 4.68. The van der Waals surface area contributed by atoms with Crippen LogP contribution in [0.25, 0.3) is 0 Å². The highest BCUT2D eigenvalue weighted by atomic mass is 16.5. The second-order valence-electron chi connectivity index (χ2n) is 6.04. The summed E-state index contributed by atoms with van der Waals surface area (Å²) in [5.41, 5.74) is 1.16. The molecule has 0 aromatic carbocycles. The molecule has 5 nitrogen and oxygen atoms in total.